The smallest absolute Gasteiger partial charge is 0.335 e. The molecule has 0 saturated carbocycles. The van der Waals surface area contributed by atoms with Crippen LogP contribution in [-0.4, -0.2) is 89.2 Å². The molecule has 1 heterocycles. The van der Waals surface area contributed by atoms with Gasteiger partial charge in [0.2, 0.25) is 0 Å². The third-order valence-electron chi connectivity index (χ3n) is 11.6. The van der Waals surface area contributed by atoms with Gasteiger partial charge in [-0.15, -0.1) is 0 Å². The van der Waals surface area contributed by atoms with Gasteiger partial charge in [-0.05, 0) is 77.0 Å². The van der Waals surface area contributed by atoms with Crippen molar-refractivity contribution in [2.45, 2.75) is 250 Å². The number of aliphatic hydroxyl groups is 2. The first-order valence-corrected chi connectivity index (χ1v) is 26.3. The molecular weight excluding hydrogens is 853 g/mol. The number of ether oxygens (including phenoxy) is 5. The summed E-state index contributed by atoms with van der Waals surface area (Å²) in [4.78, 5) is 50.8. The second-order valence-electron chi connectivity index (χ2n) is 17.8. The molecule has 12 heteroatoms. The van der Waals surface area contributed by atoms with E-state index in [9.17, 15) is 34.5 Å². The first-order chi connectivity index (χ1) is 32.6. The van der Waals surface area contributed by atoms with Crippen LogP contribution in [0.15, 0.2) is 60.8 Å². The molecule has 6 atom stereocenters. The molecule has 0 aromatic rings. The first kappa shape index (κ1) is 61.4. The zero-order valence-electron chi connectivity index (χ0n) is 41.9. The van der Waals surface area contributed by atoms with E-state index in [2.05, 4.69) is 81.5 Å². The van der Waals surface area contributed by atoms with Gasteiger partial charge < -0.3 is 39.0 Å². The van der Waals surface area contributed by atoms with Crippen molar-refractivity contribution < 1.29 is 58.2 Å². The van der Waals surface area contributed by atoms with E-state index in [1.54, 1.807) is 0 Å². The molecule has 67 heavy (non-hydrogen) atoms. The highest BCUT2D eigenvalue weighted by Gasteiger charge is 2.50. The van der Waals surface area contributed by atoms with Crippen LogP contribution in [0.2, 0.25) is 0 Å². The standard InChI is InChI=1S/C55H92O12/c1-4-7-10-13-16-19-21-23-24-26-27-30-32-35-38-41-47(56)63-44-46(65-48(57)42-39-36-33-29-18-15-12-9-6-3)45-64-55-53(51(60)50(59)52(67-55)54(61)62)66-49(58)43-40-37-34-31-28-25-22-20-17-14-11-8-5-2/h7,10-11,14,16,19-20,22-24,46,50-53,55,59-60H,4-6,8-9,12-13,15,17-18,21,25-45H2,1-3H3,(H,61,62)/b10-7-,14-11-,19-16-,22-20-,24-23-. The number of carbonyl (C=O) groups excluding carboxylic acids is 3. The predicted octanol–water partition coefficient (Wildman–Crippen LogP) is 12.4. The minimum atomic E-state index is -1.91. The fourth-order valence-corrected chi connectivity index (χ4v) is 7.54. The van der Waals surface area contributed by atoms with Crippen LogP contribution in [0.3, 0.4) is 0 Å². The topological polar surface area (TPSA) is 175 Å². The lowest BCUT2D eigenvalue weighted by molar-refractivity contribution is -0.301. The summed E-state index contributed by atoms with van der Waals surface area (Å²) in [6.45, 7) is 5.74. The minimum Gasteiger partial charge on any atom is -0.479 e. The Morgan fingerprint density at radius 1 is 0.507 bits per heavy atom. The number of carboxylic acid groups (broad SMARTS) is 1. The number of carboxylic acids is 1. The Labute approximate surface area is 405 Å². The van der Waals surface area contributed by atoms with Crippen LogP contribution in [0.25, 0.3) is 0 Å². The predicted molar refractivity (Wildman–Crippen MR) is 266 cm³/mol. The van der Waals surface area contributed by atoms with Crippen molar-refractivity contribution in [3.8, 4) is 0 Å². The Balaban J connectivity index is 2.72. The van der Waals surface area contributed by atoms with E-state index in [-0.39, 0.29) is 25.9 Å². The number of hydrogen-bond acceptors (Lipinski definition) is 11. The molecule has 0 spiro atoms. The highest BCUT2D eigenvalue weighted by molar-refractivity contribution is 5.74. The molecular formula is C55H92O12. The van der Waals surface area contributed by atoms with Gasteiger partial charge >= 0.3 is 23.9 Å². The average Bonchev–Trinajstić information content (AvgIpc) is 3.31. The van der Waals surface area contributed by atoms with Crippen molar-refractivity contribution in [2.75, 3.05) is 13.2 Å². The number of carbonyl (C=O) groups is 4. The fourth-order valence-electron chi connectivity index (χ4n) is 7.54. The monoisotopic (exact) mass is 945 g/mol. The van der Waals surface area contributed by atoms with Gasteiger partial charge in [0.25, 0.3) is 0 Å². The van der Waals surface area contributed by atoms with E-state index in [1.165, 1.54) is 32.1 Å². The van der Waals surface area contributed by atoms with Gasteiger partial charge in [0.05, 0.1) is 6.61 Å². The van der Waals surface area contributed by atoms with Crippen molar-refractivity contribution in [1.29, 1.82) is 0 Å². The summed E-state index contributed by atoms with van der Waals surface area (Å²) in [5.41, 5.74) is 0. The lowest BCUT2D eigenvalue weighted by Gasteiger charge is -2.40. The lowest BCUT2D eigenvalue weighted by Crippen LogP contribution is -2.61. The van der Waals surface area contributed by atoms with E-state index in [0.29, 0.717) is 19.3 Å². The van der Waals surface area contributed by atoms with Crippen molar-refractivity contribution in [3.05, 3.63) is 60.8 Å². The average molecular weight is 945 g/mol. The van der Waals surface area contributed by atoms with Crippen molar-refractivity contribution >= 4 is 23.9 Å². The number of aliphatic hydroxyl groups excluding tert-OH is 2. The highest BCUT2D eigenvalue weighted by Crippen LogP contribution is 2.26. The van der Waals surface area contributed by atoms with E-state index in [4.69, 9.17) is 23.7 Å². The molecule has 3 N–H and O–H groups in total. The van der Waals surface area contributed by atoms with Crippen LogP contribution in [0, 0.1) is 0 Å². The van der Waals surface area contributed by atoms with Gasteiger partial charge in [0.1, 0.15) is 18.8 Å². The van der Waals surface area contributed by atoms with Gasteiger partial charge in [0.15, 0.2) is 24.6 Å². The molecule has 12 nitrogen and oxygen atoms in total. The van der Waals surface area contributed by atoms with Crippen LogP contribution in [0.5, 0.6) is 0 Å². The van der Waals surface area contributed by atoms with Gasteiger partial charge in [0, 0.05) is 19.3 Å². The van der Waals surface area contributed by atoms with E-state index in [0.717, 1.165) is 122 Å². The van der Waals surface area contributed by atoms with Crippen LogP contribution in [-0.2, 0) is 42.9 Å². The zero-order chi connectivity index (χ0) is 49.0. The molecule has 0 aliphatic carbocycles. The summed E-state index contributed by atoms with van der Waals surface area (Å²) in [6, 6.07) is 0. The third kappa shape index (κ3) is 34.4. The van der Waals surface area contributed by atoms with E-state index in [1.807, 2.05) is 0 Å². The Bertz CT molecular complexity index is 1400. The maximum atomic E-state index is 13.0. The van der Waals surface area contributed by atoms with Crippen LogP contribution in [0.4, 0.5) is 0 Å². The van der Waals surface area contributed by atoms with Crippen LogP contribution < -0.4 is 0 Å². The second kappa shape index (κ2) is 43.7. The molecule has 0 aromatic carbocycles. The lowest BCUT2D eigenvalue weighted by atomic mass is 9.98. The Kier molecular flexibility index (Phi) is 40.1. The number of esters is 3. The molecule has 1 saturated heterocycles. The normalized spacial score (nSPS) is 19.3. The molecule has 6 unspecified atom stereocenters. The van der Waals surface area contributed by atoms with Gasteiger partial charge in [-0.25, -0.2) is 4.79 Å². The fraction of sp³-hybridized carbons (Fsp3) is 0.745. The molecule has 1 aliphatic rings. The third-order valence-corrected chi connectivity index (χ3v) is 11.6. The maximum Gasteiger partial charge on any atom is 0.335 e. The van der Waals surface area contributed by atoms with Gasteiger partial charge in [-0.3, -0.25) is 14.4 Å². The molecule has 1 fully saturated rings. The maximum absolute atomic E-state index is 13.0. The van der Waals surface area contributed by atoms with Gasteiger partial charge in [-0.2, -0.15) is 0 Å². The van der Waals surface area contributed by atoms with Crippen LogP contribution in [0.1, 0.15) is 213 Å². The Morgan fingerprint density at radius 3 is 1.49 bits per heavy atom. The van der Waals surface area contributed by atoms with Crippen molar-refractivity contribution in [1.82, 2.24) is 0 Å². The Hall–Kier alpha value is -3.58. The van der Waals surface area contributed by atoms with E-state index >= 15 is 0 Å². The molecule has 0 radical (unpaired) electrons. The summed E-state index contributed by atoms with van der Waals surface area (Å²) in [5.74, 6) is -3.16. The minimum absolute atomic E-state index is 0.0423. The summed E-state index contributed by atoms with van der Waals surface area (Å²) >= 11 is 0. The number of aliphatic carboxylic acids is 1. The molecule has 0 amide bonds. The zero-order valence-corrected chi connectivity index (χ0v) is 41.9. The molecule has 384 valence electrons. The molecule has 0 bridgehead atoms. The van der Waals surface area contributed by atoms with E-state index < -0.39 is 67.3 Å². The second-order valence-corrected chi connectivity index (χ2v) is 17.8. The van der Waals surface area contributed by atoms with Gasteiger partial charge in [-0.1, -0.05) is 178 Å². The van der Waals surface area contributed by atoms with Crippen LogP contribution >= 0.6 is 0 Å². The summed E-state index contributed by atoms with van der Waals surface area (Å²) in [6.07, 6.45) is 39.3. The number of allylic oxidation sites excluding steroid dienone is 10. The summed E-state index contributed by atoms with van der Waals surface area (Å²) in [7, 11) is 0. The number of rotatable bonds is 43. The molecule has 0 aromatic heterocycles. The number of hydrogen-bond donors (Lipinski definition) is 3. The quantitative estimate of drug-likeness (QED) is 0.0229. The molecule has 1 aliphatic heterocycles. The SMILES string of the molecule is CC/C=C\C/C=C\C/C=C\CCCCCCCC(=O)OCC(COC1OC(C(=O)O)C(O)C(O)C1OC(=O)CCCCCCC/C=C\C/C=C\CCC)OC(=O)CCCCCCCCCCC. The molecule has 1 rings (SSSR count). The highest BCUT2D eigenvalue weighted by atomic mass is 16.7. The number of unbranched alkanes of at least 4 members (excludes halogenated alkanes) is 19. The Morgan fingerprint density at radius 2 is 0.970 bits per heavy atom. The summed E-state index contributed by atoms with van der Waals surface area (Å²) in [5, 5.41) is 31.3. The largest absolute Gasteiger partial charge is 0.479 e. The summed E-state index contributed by atoms with van der Waals surface area (Å²) < 4.78 is 28.2. The van der Waals surface area contributed by atoms with Crippen molar-refractivity contribution in [2.24, 2.45) is 0 Å². The first-order valence-electron chi connectivity index (χ1n) is 26.3. The van der Waals surface area contributed by atoms with Crippen molar-refractivity contribution in [3.63, 3.8) is 0 Å².